The molecule has 4 heterocycles. The van der Waals surface area contributed by atoms with E-state index in [0.29, 0.717) is 19.0 Å². The lowest BCUT2D eigenvalue weighted by molar-refractivity contribution is -0.0963. The maximum Gasteiger partial charge on any atom is 0.430 e. The highest BCUT2D eigenvalue weighted by atomic mass is 32.2. The summed E-state index contributed by atoms with van der Waals surface area (Å²) in [6, 6.07) is 0. The molecule has 4 aliphatic heterocycles. The van der Waals surface area contributed by atoms with Crippen LogP contribution in [0.15, 0.2) is 22.4 Å². The highest BCUT2D eigenvalue weighted by Gasteiger charge is 2.55. The maximum absolute atomic E-state index is 12.8. The smallest absolute Gasteiger partial charge is 0.381 e. The summed E-state index contributed by atoms with van der Waals surface area (Å²) in [6.07, 6.45) is -2.74. The van der Waals surface area contributed by atoms with Crippen LogP contribution in [-0.4, -0.2) is 69.7 Å². The molecule has 10 heteroatoms. The summed E-state index contributed by atoms with van der Waals surface area (Å²) >= 11 is 0. The number of halogens is 3. The van der Waals surface area contributed by atoms with E-state index >= 15 is 0 Å². The quantitative estimate of drug-likeness (QED) is 0.768. The minimum absolute atomic E-state index is 0.00998. The first-order valence-electron chi connectivity index (χ1n) is 9.13. The van der Waals surface area contributed by atoms with Crippen LogP contribution in [0, 0.1) is 11.3 Å². The van der Waals surface area contributed by atoms with E-state index in [1.54, 1.807) is 0 Å². The van der Waals surface area contributed by atoms with Gasteiger partial charge in [-0.15, -0.1) is 0 Å². The molecule has 1 atom stereocenters. The van der Waals surface area contributed by atoms with Crippen LogP contribution in [0.25, 0.3) is 0 Å². The Labute approximate surface area is 157 Å². The fourth-order valence-electron chi connectivity index (χ4n) is 4.51. The third-order valence-electron chi connectivity index (χ3n) is 5.87. The summed E-state index contributed by atoms with van der Waals surface area (Å²) in [5, 5.41) is 2.20. The number of alkyl halides is 3. The van der Waals surface area contributed by atoms with Crippen LogP contribution in [0.1, 0.15) is 19.8 Å². The number of hydrogen-bond acceptors (Lipinski definition) is 5. The Kier molecular flexibility index (Phi) is 4.60. The van der Waals surface area contributed by atoms with Gasteiger partial charge in [0.2, 0.25) is 10.0 Å². The molecule has 6 nitrogen and oxygen atoms in total. The van der Waals surface area contributed by atoms with E-state index in [9.17, 15) is 21.6 Å². The number of nitrogens with one attached hydrogen (secondary N) is 1. The van der Waals surface area contributed by atoms with E-state index < -0.39 is 21.9 Å². The summed E-state index contributed by atoms with van der Waals surface area (Å²) in [5.41, 5.74) is -0.831. The van der Waals surface area contributed by atoms with Crippen LogP contribution in [0.5, 0.6) is 0 Å². The van der Waals surface area contributed by atoms with E-state index in [1.807, 2.05) is 0 Å². The SMILES string of the molecule is CC1=C(S(=O)(=O)N2CC3(CN(C[C@@H]4CCOC4)C3)C2)CC=C(C(F)(F)F)N1. The van der Waals surface area contributed by atoms with Crippen molar-refractivity contribution in [1.29, 1.82) is 0 Å². The van der Waals surface area contributed by atoms with Crippen molar-refractivity contribution in [3.05, 3.63) is 22.4 Å². The fourth-order valence-corrected chi connectivity index (χ4v) is 6.44. The van der Waals surface area contributed by atoms with Gasteiger partial charge < -0.3 is 15.0 Å². The van der Waals surface area contributed by atoms with E-state index in [-0.39, 0.29) is 22.4 Å². The summed E-state index contributed by atoms with van der Waals surface area (Å²) < 4.78 is 70.8. The maximum atomic E-state index is 12.8. The third kappa shape index (κ3) is 3.52. The molecule has 0 unspecified atom stereocenters. The molecule has 152 valence electrons. The van der Waals surface area contributed by atoms with Gasteiger partial charge in [0.25, 0.3) is 0 Å². The molecule has 0 bridgehead atoms. The zero-order valence-corrected chi connectivity index (χ0v) is 16.0. The molecular weight excluding hydrogens is 383 g/mol. The van der Waals surface area contributed by atoms with Gasteiger partial charge in [0.05, 0.1) is 11.5 Å². The largest absolute Gasteiger partial charge is 0.430 e. The van der Waals surface area contributed by atoms with Gasteiger partial charge in [0.15, 0.2) is 0 Å². The standard InChI is InChI=1S/C17H24F3N3O3S/c1-12-14(2-3-15(21-12)17(18,19)20)27(24,25)23-10-16(11-23)8-22(9-16)6-13-4-5-26-7-13/h3,13,21H,2,4-11H2,1H3/t13-/m0/s1. The molecule has 0 aromatic carbocycles. The lowest BCUT2D eigenvalue weighted by atomic mass is 9.74. The molecule has 0 saturated carbocycles. The summed E-state index contributed by atoms with van der Waals surface area (Å²) in [5.74, 6) is 0.568. The summed E-state index contributed by atoms with van der Waals surface area (Å²) in [6.45, 7) is 6.65. The first kappa shape index (κ1) is 19.2. The van der Waals surface area contributed by atoms with E-state index in [4.69, 9.17) is 4.74 Å². The second-order valence-electron chi connectivity index (χ2n) is 8.17. The van der Waals surface area contributed by atoms with Crippen LogP contribution >= 0.6 is 0 Å². The molecule has 3 saturated heterocycles. The van der Waals surface area contributed by atoms with Crippen LogP contribution in [0.4, 0.5) is 13.2 Å². The van der Waals surface area contributed by atoms with Crippen molar-refractivity contribution < 1.29 is 26.3 Å². The van der Waals surface area contributed by atoms with Crippen molar-refractivity contribution >= 4 is 10.0 Å². The number of nitrogens with zero attached hydrogens (tertiary/aromatic N) is 2. The number of allylic oxidation sites excluding steroid dienone is 4. The number of dihydropyridines is 1. The Balaban J connectivity index is 1.33. The van der Waals surface area contributed by atoms with Crippen molar-refractivity contribution in [3.8, 4) is 0 Å². The molecule has 0 aliphatic carbocycles. The van der Waals surface area contributed by atoms with E-state index in [2.05, 4.69) is 10.2 Å². The van der Waals surface area contributed by atoms with Crippen LogP contribution in [-0.2, 0) is 14.8 Å². The molecule has 27 heavy (non-hydrogen) atoms. The summed E-state index contributed by atoms with van der Waals surface area (Å²) in [7, 11) is -3.73. The number of likely N-dealkylation sites (tertiary alicyclic amines) is 1. The normalized spacial score (nSPS) is 29.3. The minimum atomic E-state index is -4.50. The van der Waals surface area contributed by atoms with Crippen molar-refractivity contribution in [2.75, 3.05) is 45.9 Å². The fraction of sp³-hybridized carbons (Fsp3) is 0.765. The predicted molar refractivity (Wildman–Crippen MR) is 92.9 cm³/mol. The van der Waals surface area contributed by atoms with Crippen molar-refractivity contribution in [3.63, 3.8) is 0 Å². The molecule has 0 aromatic heterocycles. The van der Waals surface area contributed by atoms with E-state index in [0.717, 1.165) is 45.3 Å². The van der Waals surface area contributed by atoms with Crippen LogP contribution in [0.3, 0.4) is 0 Å². The first-order valence-corrected chi connectivity index (χ1v) is 10.6. The zero-order valence-electron chi connectivity index (χ0n) is 15.2. The Morgan fingerprint density at radius 2 is 2.00 bits per heavy atom. The van der Waals surface area contributed by atoms with Gasteiger partial charge in [-0.05, 0) is 19.3 Å². The zero-order chi connectivity index (χ0) is 19.4. The van der Waals surface area contributed by atoms with Crippen molar-refractivity contribution in [2.45, 2.75) is 25.9 Å². The minimum Gasteiger partial charge on any atom is -0.381 e. The molecule has 0 amide bonds. The van der Waals surface area contributed by atoms with Crippen molar-refractivity contribution in [2.24, 2.45) is 11.3 Å². The van der Waals surface area contributed by atoms with Crippen molar-refractivity contribution in [1.82, 2.24) is 14.5 Å². The average Bonchev–Trinajstić information content (AvgIpc) is 2.99. The lowest BCUT2D eigenvalue weighted by Crippen LogP contribution is -2.73. The van der Waals surface area contributed by atoms with Gasteiger partial charge in [0.1, 0.15) is 5.70 Å². The highest BCUT2D eigenvalue weighted by Crippen LogP contribution is 2.43. The van der Waals surface area contributed by atoms with Gasteiger partial charge in [-0.1, -0.05) is 6.08 Å². The second kappa shape index (κ2) is 6.47. The molecule has 0 aromatic rings. The molecular formula is C17H24F3N3O3S. The number of hydrogen-bond donors (Lipinski definition) is 1. The third-order valence-corrected chi connectivity index (χ3v) is 7.90. The molecule has 4 aliphatic rings. The van der Waals surface area contributed by atoms with E-state index in [1.165, 1.54) is 11.2 Å². The number of rotatable bonds is 4. The number of ether oxygens (including phenoxy) is 1. The molecule has 3 fully saturated rings. The first-order chi connectivity index (χ1) is 12.6. The van der Waals surface area contributed by atoms with Gasteiger partial charge in [-0.3, -0.25) is 0 Å². The van der Waals surface area contributed by atoms with Crippen LogP contribution in [0.2, 0.25) is 0 Å². The second-order valence-corrected chi connectivity index (χ2v) is 10.1. The van der Waals surface area contributed by atoms with Gasteiger partial charge >= 0.3 is 6.18 Å². The Hall–Kier alpha value is -1.10. The van der Waals surface area contributed by atoms with Crippen LogP contribution < -0.4 is 5.32 Å². The lowest BCUT2D eigenvalue weighted by Gasteiger charge is -2.60. The molecule has 1 spiro atoms. The molecule has 4 rings (SSSR count). The highest BCUT2D eigenvalue weighted by molar-refractivity contribution is 7.93. The Morgan fingerprint density at radius 3 is 2.56 bits per heavy atom. The Morgan fingerprint density at radius 1 is 1.30 bits per heavy atom. The Bertz CT molecular complexity index is 771. The monoisotopic (exact) mass is 407 g/mol. The van der Waals surface area contributed by atoms with Gasteiger partial charge in [-0.25, -0.2) is 8.42 Å². The average molecular weight is 407 g/mol. The molecule has 0 radical (unpaired) electrons. The van der Waals surface area contributed by atoms with Gasteiger partial charge in [-0.2, -0.15) is 17.5 Å². The predicted octanol–water partition coefficient (Wildman–Crippen LogP) is 1.64. The van der Waals surface area contributed by atoms with Gasteiger partial charge in [0, 0.05) is 56.9 Å². The topological polar surface area (TPSA) is 61.9 Å². The summed E-state index contributed by atoms with van der Waals surface area (Å²) in [4.78, 5) is 2.37. The number of sulfonamides is 1. The molecule has 1 N–H and O–H groups in total.